The molecule has 10 rings (SSSR count). The third-order valence-electron chi connectivity index (χ3n) is 17.7. The molecule has 4 saturated carbocycles. The van der Waals surface area contributed by atoms with Crippen LogP contribution in [0.1, 0.15) is 130 Å². The molecular formula is C55H61N3O10. The highest BCUT2D eigenvalue weighted by molar-refractivity contribution is 6.03. The van der Waals surface area contributed by atoms with Crippen molar-refractivity contribution in [3.63, 3.8) is 0 Å². The molecule has 0 radical (unpaired) electrons. The van der Waals surface area contributed by atoms with Gasteiger partial charge in [0, 0.05) is 49.7 Å². The summed E-state index contributed by atoms with van der Waals surface area (Å²) >= 11 is 0. The van der Waals surface area contributed by atoms with E-state index in [1.54, 1.807) is 29.2 Å². The van der Waals surface area contributed by atoms with Crippen molar-refractivity contribution in [3.05, 3.63) is 119 Å². The molecule has 2 heterocycles. The van der Waals surface area contributed by atoms with Crippen LogP contribution < -0.4 is 0 Å². The van der Waals surface area contributed by atoms with Gasteiger partial charge in [0.15, 0.2) is 0 Å². The Bertz CT molecular complexity index is 2660. The van der Waals surface area contributed by atoms with E-state index in [1.165, 1.54) is 24.3 Å². The van der Waals surface area contributed by atoms with Gasteiger partial charge in [0.1, 0.15) is 18.2 Å². The molecule has 13 nitrogen and oxygen atoms in total. The summed E-state index contributed by atoms with van der Waals surface area (Å²) in [6, 6.07) is 25.3. The number of hydrogen-bond acceptors (Lipinski definition) is 9. The second-order valence-electron chi connectivity index (χ2n) is 20.9. The van der Waals surface area contributed by atoms with Gasteiger partial charge in [-0.25, -0.2) is 19.2 Å². The van der Waals surface area contributed by atoms with Gasteiger partial charge in [-0.1, -0.05) is 68.4 Å². The maximum Gasteiger partial charge on any atom is 0.339 e. The van der Waals surface area contributed by atoms with Gasteiger partial charge in [-0.3, -0.25) is 14.5 Å². The molecule has 0 unspecified atom stereocenters. The second-order valence-corrected chi connectivity index (χ2v) is 20.9. The van der Waals surface area contributed by atoms with Crippen LogP contribution in [0.25, 0.3) is 10.8 Å². The summed E-state index contributed by atoms with van der Waals surface area (Å²) in [7, 11) is 0. The Morgan fingerprint density at radius 2 is 1.24 bits per heavy atom. The zero-order valence-electron chi connectivity index (χ0n) is 38.9. The number of amides is 2. The molecular weight excluding hydrogens is 863 g/mol. The van der Waals surface area contributed by atoms with Crippen LogP contribution in [-0.4, -0.2) is 118 Å². The lowest BCUT2D eigenvalue weighted by Crippen LogP contribution is -2.63. The SMILES string of the molecule is C[C@]12C[C@H](N3CCN(C(=O)[C@@H]4CCCN4C(=O)c4ccc5ccccc5c4)CC3)[C@@H](OC(=O)c3ccccc3C(=O)O)C[C@@H]1CC[C@@H]1[C@@H]2CC[C@]2(C)[C@@H](OC(=O)c3ccccc3C(=O)O)CC[C@@H]12. The van der Waals surface area contributed by atoms with Crippen LogP contribution in [0.3, 0.4) is 0 Å². The Morgan fingerprint density at radius 1 is 0.618 bits per heavy atom. The normalized spacial score (nSPS) is 31.3. The van der Waals surface area contributed by atoms with Crippen molar-refractivity contribution in [3.8, 4) is 0 Å². The van der Waals surface area contributed by atoms with E-state index < -0.39 is 36.0 Å². The Kier molecular flexibility index (Phi) is 12.2. The Labute approximate surface area is 396 Å². The van der Waals surface area contributed by atoms with Crippen LogP contribution in [0.2, 0.25) is 0 Å². The van der Waals surface area contributed by atoms with Gasteiger partial charge in [-0.2, -0.15) is 0 Å². The second kappa shape index (κ2) is 18.1. The fourth-order valence-corrected chi connectivity index (χ4v) is 14.2. The first-order valence-corrected chi connectivity index (χ1v) is 24.6. The monoisotopic (exact) mass is 923 g/mol. The number of aromatic carboxylic acids is 2. The van der Waals surface area contributed by atoms with Crippen molar-refractivity contribution in [2.45, 2.75) is 102 Å². The number of nitrogens with zero attached hydrogens (tertiary/aromatic N) is 3. The molecule has 2 aliphatic heterocycles. The molecule has 0 spiro atoms. The number of piperazine rings is 1. The van der Waals surface area contributed by atoms with Gasteiger partial charge in [0.05, 0.1) is 22.3 Å². The molecule has 13 heteroatoms. The van der Waals surface area contributed by atoms with Crippen molar-refractivity contribution in [1.82, 2.24) is 14.7 Å². The average molecular weight is 924 g/mol. The fourth-order valence-electron chi connectivity index (χ4n) is 14.2. The van der Waals surface area contributed by atoms with E-state index in [0.717, 1.165) is 62.1 Å². The number of hydrogen-bond donors (Lipinski definition) is 2. The number of carboxylic acids is 2. The molecule has 0 bridgehead atoms. The van der Waals surface area contributed by atoms with Gasteiger partial charge < -0.3 is 29.5 Å². The molecule has 68 heavy (non-hydrogen) atoms. The lowest BCUT2D eigenvalue weighted by Gasteiger charge is -2.62. The van der Waals surface area contributed by atoms with E-state index in [-0.39, 0.29) is 63.0 Å². The molecule has 0 aromatic heterocycles. The number of fused-ring (bicyclic) bond motifs is 6. The molecule has 4 aromatic rings. The van der Waals surface area contributed by atoms with Gasteiger partial charge in [-0.05, 0) is 140 Å². The van der Waals surface area contributed by atoms with Crippen LogP contribution in [0, 0.1) is 34.5 Å². The number of esters is 2. The number of carboxylic acid groups (broad SMARTS) is 2. The zero-order chi connectivity index (χ0) is 47.5. The summed E-state index contributed by atoms with van der Waals surface area (Å²) in [6.45, 7) is 7.28. The van der Waals surface area contributed by atoms with Crippen LogP contribution in [0.4, 0.5) is 0 Å². The standard InChI is InChI=1S/C55H61N3O10/c1-54-24-23-43-41(42(54)21-22-47(54)68-53(66)40-15-8-6-13-38(40)51(63)64)20-19-36-31-46(67-52(65)39-14-7-5-12-37(39)50(61)62)45(32-55(36,43)2)56-26-28-57(29-27-56)49(60)44-16-9-25-58(44)48(59)35-18-17-33-10-3-4-11-34(33)30-35/h3-8,10-15,17-18,30,36,41-47H,9,16,19-29,31-32H2,1-2H3,(H,61,62)(H,63,64)/t36-,41-,42-,43-,44-,45-,46-,47-,54-,55-/m0/s1. The molecule has 4 aromatic carbocycles. The predicted molar refractivity (Wildman–Crippen MR) is 252 cm³/mol. The molecule has 6 fully saturated rings. The van der Waals surface area contributed by atoms with E-state index in [2.05, 4.69) is 18.7 Å². The molecule has 356 valence electrons. The number of rotatable bonds is 9. The third-order valence-corrected chi connectivity index (χ3v) is 17.7. The topological polar surface area (TPSA) is 171 Å². The Balaban J connectivity index is 0.864. The lowest BCUT2D eigenvalue weighted by atomic mass is 9.44. The molecule has 4 aliphatic carbocycles. The van der Waals surface area contributed by atoms with Crippen molar-refractivity contribution < 1.29 is 48.5 Å². The van der Waals surface area contributed by atoms with Crippen molar-refractivity contribution >= 4 is 46.5 Å². The highest BCUT2D eigenvalue weighted by atomic mass is 16.5. The molecule has 2 N–H and O–H groups in total. The maximum atomic E-state index is 14.3. The summed E-state index contributed by atoms with van der Waals surface area (Å²) in [6.07, 6.45) is 7.39. The number of ether oxygens (including phenoxy) is 2. The lowest BCUT2D eigenvalue weighted by molar-refractivity contribution is -0.158. The largest absolute Gasteiger partial charge is 0.478 e. The molecule has 10 atom stereocenters. The smallest absolute Gasteiger partial charge is 0.339 e. The van der Waals surface area contributed by atoms with Crippen LogP contribution >= 0.6 is 0 Å². The minimum Gasteiger partial charge on any atom is -0.478 e. The molecule has 2 saturated heterocycles. The highest BCUT2D eigenvalue weighted by Crippen LogP contribution is 2.67. The quantitative estimate of drug-likeness (QED) is 0.154. The Hall–Kier alpha value is -6.08. The van der Waals surface area contributed by atoms with E-state index in [4.69, 9.17) is 9.47 Å². The van der Waals surface area contributed by atoms with Gasteiger partial charge in [0.25, 0.3) is 5.91 Å². The zero-order valence-corrected chi connectivity index (χ0v) is 38.9. The van der Waals surface area contributed by atoms with Crippen molar-refractivity contribution in [1.29, 1.82) is 0 Å². The van der Waals surface area contributed by atoms with Crippen LogP contribution in [-0.2, 0) is 14.3 Å². The maximum absolute atomic E-state index is 14.3. The van der Waals surface area contributed by atoms with Gasteiger partial charge in [-0.15, -0.1) is 0 Å². The van der Waals surface area contributed by atoms with Gasteiger partial charge >= 0.3 is 23.9 Å². The van der Waals surface area contributed by atoms with E-state index in [9.17, 15) is 39.0 Å². The number of carbonyl (C=O) groups is 6. The summed E-state index contributed by atoms with van der Waals surface area (Å²) < 4.78 is 12.7. The van der Waals surface area contributed by atoms with E-state index >= 15 is 0 Å². The summed E-state index contributed by atoms with van der Waals surface area (Å²) in [5.74, 6) is -2.40. The van der Waals surface area contributed by atoms with Crippen LogP contribution in [0.15, 0.2) is 91.0 Å². The average Bonchev–Trinajstić information content (AvgIpc) is 3.98. The minimum atomic E-state index is -1.19. The summed E-state index contributed by atoms with van der Waals surface area (Å²) in [5.41, 5.74) is 0.158. The first kappa shape index (κ1) is 45.7. The first-order valence-electron chi connectivity index (χ1n) is 24.6. The minimum absolute atomic E-state index is 0.0278. The molecule has 2 amide bonds. The number of carbonyl (C=O) groups excluding carboxylic acids is 4. The predicted octanol–water partition coefficient (Wildman–Crippen LogP) is 8.46. The van der Waals surface area contributed by atoms with Gasteiger partial charge in [0.2, 0.25) is 5.91 Å². The van der Waals surface area contributed by atoms with Crippen LogP contribution in [0.5, 0.6) is 0 Å². The summed E-state index contributed by atoms with van der Waals surface area (Å²) in [4.78, 5) is 86.1. The highest BCUT2D eigenvalue weighted by Gasteiger charge is 2.63. The number of benzene rings is 4. The number of likely N-dealkylation sites (tertiary alicyclic amines) is 1. The van der Waals surface area contributed by atoms with E-state index in [1.807, 2.05) is 47.4 Å². The Morgan fingerprint density at radius 3 is 1.91 bits per heavy atom. The van der Waals surface area contributed by atoms with Crippen molar-refractivity contribution in [2.75, 3.05) is 32.7 Å². The first-order chi connectivity index (χ1) is 32.7. The van der Waals surface area contributed by atoms with E-state index in [0.29, 0.717) is 68.9 Å². The fraction of sp³-hybridized carbons (Fsp3) is 0.491. The van der Waals surface area contributed by atoms with Crippen molar-refractivity contribution in [2.24, 2.45) is 34.5 Å². The molecule has 6 aliphatic rings. The third kappa shape index (κ3) is 8.03. The summed E-state index contributed by atoms with van der Waals surface area (Å²) in [5, 5.41) is 21.8.